The normalized spacial score (nSPS) is 23.1. The number of nitrogens with zero attached hydrogens (tertiary/aromatic N) is 3. The first-order valence-electron chi connectivity index (χ1n) is 21.3. The van der Waals surface area contributed by atoms with E-state index in [0.29, 0.717) is 19.3 Å². The first-order chi connectivity index (χ1) is 26.5. The van der Waals surface area contributed by atoms with Crippen LogP contribution in [-0.2, 0) is 20.4 Å². The van der Waals surface area contributed by atoms with Gasteiger partial charge in [-0.05, 0) is 109 Å². The molecule has 2 aromatic carbocycles. The molecule has 4 aliphatic rings. The van der Waals surface area contributed by atoms with Gasteiger partial charge >= 0.3 is 5.97 Å². The van der Waals surface area contributed by atoms with Gasteiger partial charge in [0.25, 0.3) is 0 Å². The average Bonchev–Trinajstić information content (AvgIpc) is 3.49. The molecule has 1 fully saturated rings. The number of hydroxylamine groups is 2. The van der Waals surface area contributed by atoms with Gasteiger partial charge in [0.2, 0.25) is 5.69 Å². The summed E-state index contributed by atoms with van der Waals surface area (Å²) >= 11 is 7.28. The van der Waals surface area contributed by atoms with Crippen molar-refractivity contribution < 1.29 is 19.3 Å². The highest BCUT2D eigenvalue weighted by Crippen LogP contribution is 2.48. The van der Waals surface area contributed by atoms with E-state index in [1.165, 1.54) is 50.1 Å². The van der Waals surface area contributed by atoms with Crippen molar-refractivity contribution in [3.8, 4) is 0 Å². The highest BCUT2D eigenvalue weighted by molar-refractivity contribution is 6.32. The third-order valence-corrected chi connectivity index (χ3v) is 13.3. The molecule has 1 N–H and O–H groups in total. The maximum atomic E-state index is 12.9. The summed E-state index contributed by atoms with van der Waals surface area (Å²) in [6, 6.07) is 17.6. The van der Waals surface area contributed by atoms with E-state index in [1.54, 1.807) is 0 Å². The van der Waals surface area contributed by atoms with Crippen LogP contribution in [0.5, 0.6) is 0 Å². The number of ether oxygens (including phenoxy) is 1. The second kappa shape index (κ2) is 16.8. The topological polar surface area (TPSA) is 56.0 Å². The Hall–Kier alpha value is -3.45. The van der Waals surface area contributed by atoms with Crippen molar-refractivity contribution in [2.45, 2.75) is 161 Å². The second-order valence-electron chi connectivity index (χ2n) is 18.9. The van der Waals surface area contributed by atoms with Crippen LogP contribution in [0.15, 0.2) is 94.7 Å². The molecule has 0 saturated carbocycles. The van der Waals surface area contributed by atoms with Crippen LogP contribution in [0.1, 0.15) is 144 Å². The van der Waals surface area contributed by atoms with E-state index < -0.39 is 11.1 Å². The zero-order valence-electron chi connectivity index (χ0n) is 35.7. The molecule has 3 heterocycles. The van der Waals surface area contributed by atoms with Gasteiger partial charge in [0.1, 0.15) is 12.6 Å². The molecule has 6 rings (SSSR count). The molecule has 0 atom stereocenters. The van der Waals surface area contributed by atoms with E-state index in [2.05, 4.69) is 117 Å². The molecular formula is C49H67ClN3O3+. The van der Waals surface area contributed by atoms with E-state index >= 15 is 0 Å². The number of benzene rings is 2. The van der Waals surface area contributed by atoms with Gasteiger partial charge in [-0.25, -0.2) is 0 Å². The number of hydrogen-bond donors (Lipinski definition) is 1. The number of para-hydroxylation sites is 2. The molecule has 2 aromatic rings. The molecular weight excluding hydrogens is 714 g/mol. The molecule has 0 unspecified atom stereocenters. The SMILES string of the molecule is CCCCN1C(=CC=C2CCCC(C=CC3=[N+](CCCCCC(=O)OC4CC(C)(C)N(O)C(C)(C)C4)c4ccccc4C3(C)C)=C2Cl)C(C)(C)c2ccccc21. The van der Waals surface area contributed by atoms with Crippen molar-refractivity contribution >= 4 is 34.7 Å². The van der Waals surface area contributed by atoms with Crippen LogP contribution in [0.2, 0.25) is 0 Å². The van der Waals surface area contributed by atoms with E-state index in [1.807, 2.05) is 27.7 Å². The van der Waals surface area contributed by atoms with Crippen LogP contribution < -0.4 is 4.90 Å². The Morgan fingerprint density at radius 3 is 2.25 bits per heavy atom. The number of piperidine rings is 1. The fraction of sp³-hybridized carbons (Fsp3) is 0.551. The standard InChI is InChI=1S/C49H67ClN3O3/c1-10-11-31-51-40-24-16-14-22-38(40)48(6,7)42(51)29-27-35-20-19-21-36(45(35)50)28-30-43-49(8,9)39-23-15-17-25-41(39)52(43)32-18-12-13-26-44(54)56-37-33-46(2,3)53(55)47(4,5)34-37/h14-17,22-25,27-30,37,55H,10-13,18-21,26,31-34H2,1-9H3/q+1. The predicted molar refractivity (Wildman–Crippen MR) is 232 cm³/mol. The molecule has 0 amide bonds. The summed E-state index contributed by atoms with van der Waals surface area (Å²) in [5.41, 5.74) is 9.26. The van der Waals surface area contributed by atoms with Crippen LogP contribution in [0.4, 0.5) is 11.4 Å². The zero-order valence-corrected chi connectivity index (χ0v) is 36.4. The highest BCUT2D eigenvalue weighted by atomic mass is 35.5. The van der Waals surface area contributed by atoms with E-state index in [0.717, 1.165) is 69.5 Å². The number of carbonyl (C=O) groups excluding carboxylic acids is 1. The number of rotatable bonds is 13. The maximum absolute atomic E-state index is 12.9. The monoisotopic (exact) mass is 780 g/mol. The first kappa shape index (κ1) is 42.2. The Kier molecular flexibility index (Phi) is 12.6. The molecule has 6 nitrogen and oxygen atoms in total. The Labute approximate surface area is 342 Å². The Morgan fingerprint density at radius 1 is 0.857 bits per heavy atom. The molecule has 0 radical (unpaired) electrons. The van der Waals surface area contributed by atoms with Crippen molar-refractivity contribution in [2.75, 3.05) is 18.0 Å². The molecule has 0 aromatic heterocycles. The highest BCUT2D eigenvalue weighted by Gasteiger charge is 2.47. The lowest BCUT2D eigenvalue weighted by molar-refractivity contribution is -0.438. The Balaban J connectivity index is 1.16. The minimum Gasteiger partial charge on any atom is -0.462 e. The number of esters is 1. The van der Waals surface area contributed by atoms with E-state index in [-0.39, 0.29) is 22.9 Å². The van der Waals surface area contributed by atoms with E-state index in [9.17, 15) is 10.0 Å². The van der Waals surface area contributed by atoms with Gasteiger partial charge in [0, 0.05) is 82.8 Å². The predicted octanol–water partition coefficient (Wildman–Crippen LogP) is 12.2. The van der Waals surface area contributed by atoms with Crippen molar-refractivity contribution in [3.05, 3.63) is 106 Å². The fourth-order valence-corrected chi connectivity index (χ4v) is 10.2. The number of fused-ring (bicyclic) bond motifs is 2. The largest absolute Gasteiger partial charge is 0.462 e. The van der Waals surface area contributed by atoms with Gasteiger partial charge in [-0.15, -0.1) is 0 Å². The molecule has 1 saturated heterocycles. The number of carbonyl (C=O) groups is 1. The molecule has 7 heteroatoms. The van der Waals surface area contributed by atoms with E-state index in [4.69, 9.17) is 16.3 Å². The van der Waals surface area contributed by atoms with Crippen LogP contribution >= 0.6 is 11.6 Å². The lowest BCUT2D eigenvalue weighted by Crippen LogP contribution is -2.60. The van der Waals surface area contributed by atoms with Gasteiger partial charge in [-0.2, -0.15) is 9.64 Å². The quantitative estimate of drug-likeness (QED) is 0.125. The van der Waals surface area contributed by atoms with Gasteiger partial charge in [0.15, 0.2) is 5.71 Å². The summed E-state index contributed by atoms with van der Waals surface area (Å²) in [6.45, 7) is 21.5. The number of hydrogen-bond acceptors (Lipinski definition) is 5. The average molecular weight is 782 g/mol. The summed E-state index contributed by atoms with van der Waals surface area (Å²) in [5.74, 6) is -0.135. The van der Waals surface area contributed by atoms with Crippen LogP contribution in [-0.4, -0.2) is 56.8 Å². The Bertz CT molecular complexity index is 1930. The number of anilines is 1. The summed E-state index contributed by atoms with van der Waals surface area (Å²) in [4.78, 5) is 15.4. The van der Waals surface area contributed by atoms with Crippen LogP contribution in [0, 0.1) is 0 Å². The number of halogens is 1. The van der Waals surface area contributed by atoms with Crippen molar-refractivity contribution in [1.29, 1.82) is 0 Å². The third-order valence-electron chi connectivity index (χ3n) is 12.8. The van der Waals surface area contributed by atoms with Gasteiger partial charge in [-0.3, -0.25) is 4.79 Å². The van der Waals surface area contributed by atoms with Gasteiger partial charge in [-0.1, -0.05) is 87.3 Å². The number of unbranched alkanes of at least 4 members (excludes halogenated alkanes) is 3. The smallest absolute Gasteiger partial charge is 0.306 e. The lowest BCUT2D eigenvalue weighted by Gasteiger charge is -2.50. The van der Waals surface area contributed by atoms with Crippen LogP contribution in [0.25, 0.3) is 0 Å². The summed E-state index contributed by atoms with van der Waals surface area (Å²) in [7, 11) is 0. The minimum atomic E-state index is -0.443. The maximum Gasteiger partial charge on any atom is 0.306 e. The van der Waals surface area contributed by atoms with Crippen molar-refractivity contribution in [3.63, 3.8) is 0 Å². The Morgan fingerprint density at radius 2 is 1.54 bits per heavy atom. The van der Waals surface area contributed by atoms with Crippen LogP contribution in [0.3, 0.4) is 0 Å². The first-order valence-corrected chi connectivity index (χ1v) is 21.7. The minimum absolute atomic E-state index is 0.0742. The zero-order chi connectivity index (χ0) is 40.5. The molecule has 302 valence electrons. The summed E-state index contributed by atoms with van der Waals surface area (Å²) < 4.78 is 8.43. The van der Waals surface area contributed by atoms with Gasteiger partial charge in [0.05, 0.1) is 5.41 Å². The van der Waals surface area contributed by atoms with Crippen molar-refractivity contribution in [2.24, 2.45) is 0 Å². The third kappa shape index (κ3) is 8.54. The molecule has 56 heavy (non-hydrogen) atoms. The molecule has 0 spiro atoms. The number of allylic oxidation sites excluding steroid dienone is 8. The van der Waals surface area contributed by atoms with Gasteiger partial charge < -0.3 is 14.8 Å². The molecule has 3 aliphatic heterocycles. The molecule has 0 bridgehead atoms. The second-order valence-corrected chi connectivity index (χ2v) is 19.2. The lowest BCUT2D eigenvalue weighted by atomic mass is 9.80. The fourth-order valence-electron chi connectivity index (χ4n) is 9.87. The molecule has 1 aliphatic carbocycles. The van der Waals surface area contributed by atoms with Crippen molar-refractivity contribution in [1.82, 2.24) is 5.06 Å². The summed E-state index contributed by atoms with van der Waals surface area (Å²) in [5, 5.41) is 12.9. The summed E-state index contributed by atoms with van der Waals surface area (Å²) in [6.07, 6.45) is 18.8.